The number of carbonyl (C=O) groups excluding carboxylic acids is 1. The van der Waals surface area contributed by atoms with Gasteiger partial charge in [0.25, 0.3) is 0 Å². The first kappa shape index (κ1) is 32.1. The predicted octanol–water partition coefficient (Wildman–Crippen LogP) is 5.29. The Balaban J connectivity index is 1.33. The lowest BCUT2D eigenvalue weighted by Gasteiger charge is -2.33. The van der Waals surface area contributed by atoms with Crippen molar-refractivity contribution < 1.29 is 23.1 Å². The van der Waals surface area contributed by atoms with Crippen LogP contribution in [-0.4, -0.2) is 65.8 Å². The van der Waals surface area contributed by atoms with E-state index in [0.29, 0.717) is 56.1 Å². The minimum atomic E-state index is -3.50. The van der Waals surface area contributed by atoms with Crippen molar-refractivity contribution in [2.45, 2.75) is 51.5 Å². The molecule has 3 aromatic rings. The van der Waals surface area contributed by atoms with E-state index < -0.39 is 21.4 Å². The SMILES string of the molecule is CCC(CC)(CC(=O)Nc1cccc(/C=C/c2cccc(CN3CCN(S(=O)(=O)c4ccc(C)cc4)CC3)n2)c1)C(=O)O. The van der Waals surface area contributed by atoms with Gasteiger partial charge in [-0.05, 0) is 67.8 Å². The summed E-state index contributed by atoms with van der Waals surface area (Å²) in [5, 5.41) is 12.5. The van der Waals surface area contributed by atoms with E-state index in [0.717, 1.165) is 22.5 Å². The zero-order valence-electron chi connectivity index (χ0n) is 25.0. The van der Waals surface area contributed by atoms with Gasteiger partial charge in [-0.3, -0.25) is 19.5 Å². The van der Waals surface area contributed by atoms with Crippen molar-refractivity contribution in [1.29, 1.82) is 0 Å². The molecule has 228 valence electrons. The van der Waals surface area contributed by atoms with E-state index in [4.69, 9.17) is 4.98 Å². The van der Waals surface area contributed by atoms with Gasteiger partial charge in [0.05, 0.1) is 21.7 Å². The van der Waals surface area contributed by atoms with Crippen LogP contribution in [0.1, 0.15) is 55.6 Å². The molecule has 0 unspecified atom stereocenters. The molecule has 0 atom stereocenters. The number of aliphatic carboxylic acids is 1. The average Bonchev–Trinajstić information content (AvgIpc) is 2.99. The molecule has 1 aliphatic heterocycles. The molecule has 2 aromatic carbocycles. The quantitative estimate of drug-likeness (QED) is 0.288. The van der Waals surface area contributed by atoms with Crippen molar-refractivity contribution in [3.05, 3.63) is 89.2 Å². The van der Waals surface area contributed by atoms with Gasteiger partial charge in [0.15, 0.2) is 0 Å². The van der Waals surface area contributed by atoms with Crippen LogP contribution in [0.15, 0.2) is 71.6 Å². The fourth-order valence-corrected chi connectivity index (χ4v) is 6.61. The first-order valence-electron chi connectivity index (χ1n) is 14.6. The van der Waals surface area contributed by atoms with Crippen LogP contribution in [0.4, 0.5) is 5.69 Å². The number of aryl methyl sites for hydroxylation is 1. The van der Waals surface area contributed by atoms with Crippen molar-refractivity contribution in [1.82, 2.24) is 14.2 Å². The number of anilines is 1. The molecular formula is C33H40N4O5S. The highest BCUT2D eigenvalue weighted by Gasteiger charge is 2.37. The molecule has 1 aromatic heterocycles. The summed E-state index contributed by atoms with van der Waals surface area (Å²) in [6, 6.07) is 20.2. The van der Waals surface area contributed by atoms with Crippen LogP contribution in [0, 0.1) is 12.3 Å². The van der Waals surface area contributed by atoms with Gasteiger partial charge in [-0.1, -0.05) is 55.8 Å². The molecule has 1 fully saturated rings. The summed E-state index contributed by atoms with van der Waals surface area (Å²) in [6.07, 6.45) is 4.50. The molecule has 2 N–H and O–H groups in total. The molecule has 1 amide bonds. The van der Waals surface area contributed by atoms with Crippen LogP contribution in [0.25, 0.3) is 12.2 Å². The molecule has 1 aliphatic rings. The lowest BCUT2D eigenvalue weighted by atomic mass is 9.79. The number of pyridine rings is 1. The summed E-state index contributed by atoms with van der Waals surface area (Å²) < 4.78 is 27.6. The van der Waals surface area contributed by atoms with Crippen LogP contribution in [-0.2, 0) is 26.2 Å². The Kier molecular flexibility index (Phi) is 10.5. The van der Waals surface area contributed by atoms with Crippen molar-refractivity contribution in [3.63, 3.8) is 0 Å². The number of rotatable bonds is 12. The van der Waals surface area contributed by atoms with Crippen molar-refractivity contribution in [3.8, 4) is 0 Å². The number of hydrogen-bond donors (Lipinski definition) is 2. The smallest absolute Gasteiger partial charge is 0.310 e. The van der Waals surface area contributed by atoms with Crippen molar-refractivity contribution >= 4 is 39.7 Å². The van der Waals surface area contributed by atoms with Gasteiger partial charge in [-0.25, -0.2) is 8.42 Å². The second-order valence-electron chi connectivity index (χ2n) is 11.0. The highest BCUT2D eigenvalue weighted by atomic mass is 32.2. The van der Waals surface area contributed by atoms with Crippen molar-refractivity contribution in [2.24, 2.45) is 5.41 Å². The second-order valence-corrected chi connectivity index (χ2v) is 13.0. The fraction of sp³-hybridized carbons (Fsp3) is 0.364. The van der Waals surface area contributed by atoms with Gasteiger partial charge in [0.2, 0.25) is 15.9 Å². The van der Waals surface area contributed by atoms with E-state index in [-0.39, 0.29) is 12.3 Å². The topological polar surface area (TPSA) is 120 Å². The third kappa shape index (κ3) is 8.16. The zero-order chi connectivity index (χ0) is 31.0. The van der Waals surface area contributed by atoms with Gasteiger partial charge in [0, 0.05) is 44.8 Å². The van der Waals surface area contributed by atoms with Gasteiger partial charge in [-0.2, -0.15) is 4.31 Å². The number of carboxylic acids is 1. The zero-order valence-corrected chi connectivity index (χ0v) is 25.8. The van der Waals surface area contributed by atoms with E-state index in [2.05, 4.69) is 10.2 Å². The molecule has 0 saturated carbocycles. The van der Waals surface area contributed by atoms with Crippen LogP contribution < -0.4 is 5.32 Å². The number of carboxylic acid groups (broad SMARTS) is 1. The third-order valence-electron chi connectivity index (χ3n) is 8.13. The Labute approximate surface area is 254 Å². The summed E-state index contributed by atoms with van der Waals surface area (Å²) in [7, 11) is -3.50. The minimum absolute atomic E-state index is 0.0796. The summed E-state index contributed by atoms with van der Waals surface area (Å²) >= 11 is 0. The first-order valence-corrected chi connectivity index (χ1v) is 16.0. The van der Waals surface area contributed by atoms with Crippen LogP contribution in [0.2, 0.25) is 0 Å². The summed E-state index contributed by atoms with van der Waals surface area (Å²) in [6.45, 7) is 8.23. The predicted molar refractivity (Wildman–Crippen MR) is 169 cm³/mol. The maximum Gasteiger partial charge on any atom is 0.310 e. The Hall–Kier alpha value is -3.86. The highest BCUT2D eigenvalue weighted by molar-refractivity contribution is 7.89. The number of amides is 1. The number of hydrogen-bond acceptors (Lipinski definition) is 6. The molecule has 0 aliphatic carbocycles. The Morgan fingerprint density at radius 2 is 1.63 bits per heavy atom. The highest BCUT2D eigenvalue weighted by Crippen LogP contribution is 2.31. The normalized spacial score (nSPS) is 15.0. The van der Waals surface area contributed by atoms with E-state index in [1.807, 2.05) is 67.6 Å². The number of benzene rings is 2. The van der Waals surface area contributed by atoms with E-state index >= 15 is 0 Å². The summed E-state index contributed by atoms with van der Waals surface area (Å²) in [5.74, 6) is -1.28. The number of carbonyl (C=O) groups is 2. The average molecular weight is 605 g/mol. The molecule has 0 radical (unpaired) electrons. The Morgan fingerprint density at radius 1 is 0.953 bits per heavy atom. The number of nitrogens with one attached hydrogen (secondary N) is 1. The van der Waals surface area contributed by atoms with E-state index in [9.17, 15) is 23.1 Å². The van der Waals surface area contributed by atoms with Gasteiger partial charge >= 0.3 is 5.97 Å². The molecular weight excluding hydrogens is 564 g/mol. The molecule has 9 nitrogen and oxygen atoms in total. The maximum atomic E-state index is 13.0. The second kappa shape index (κ2) is 14.1. The van der Waals surface area contributed by atoms with E-state index in [1.54, 1.807) is 36.4 Å². The number of piperazine rings is 1. The molecule has 43 heavy (non-hydrogen) atoms. The largest absolute Gasteiger partial charge is 0.481 e. The van der Waals surface area contributed by atoms with Crippen LogP contribution in [0.5, 0.6) is 0 Å². The van der Waals surface area contributed by atoms with Gasteiger partial charge in [-0.15, -0.1) is 0 Å². The van der Waals surface area contributed by atoms with Crippen LogP contribution in [0.3, 0.4) is 0 Å². The molecule has 4 rings (SSSR count). The number of nitrogens with zero attached hydrogens (tertiary/aromatic N) is 3. The first-order chi connectivity index (χ1) is 20.5. The molecule has 2 heterocycles. The Morgan fingerprint density at radius 3 is 2.28 bits per heavy atom. The summed E-state index contributed by atoms with van der Waals surface area (Å²) in [4.78, 5) is 31.7. The number of sulfonamides is 1. The maximum absolute atomic E-state index is 13.0. The van der Waals surface area contributed by atoms with Crippen molar-refractivity contribution in [2.75, 3.05) is 31.5 Å². The van der Waals surface area contributed by atoms with Crippen LogP contribution >= 0.6 is 0 Å². The molecule has 1 saturated heterocycles. The fourth-order valence-electron chi connectivity index (χ4n) is 5.19. The Bertz CT molecular complexity index is 1560. The molecule has 0 bridgehead atoms. The van der Waals surface area contributed by atoms with Gasteiger partial charge < -0.3 is 10.4 Å². The molecule has 0 spiro atoms. The number of aromatic nitrogens is 1. The standard InChI is InChI=1S/C33H40N4O5S/c1-4-33(5-2,32(39)40)23-31(38)35-28-10-6-8-26(22-28)14-15-27-9-7-11-29(34-27)24-36-18-20-37(21-19-36)43(41,42)30-16-12-25(3)13-17-30/h6-17,22H,4-5,18-21,23-24H2,1-3H3,(H,35,38)(H,39,40)/b15-14+. The summed E-state index contributed by atoms with van der Waals surface area (Å²) in [5.41, 5.74) is 3.10. The minimum Gasteiger partial charge on any atom is -0.481 e. The lowest BCUT2D eigenvalue weighted by molar-refractivity contribution is -0.151. The lowest BCUT2D eigenvalue weighted by Crippen LogP contribution is -2.48. The molecule has 10 heteroatoms. The third-order valence-corrected chi connectivity index (χ3v) is 10.0. The van der Waals surface area contributed by atoms with E-state index in [1.165, 1.54) is 0 Å². The monoisotopic (exact) mass is 604 g/mol. The van der Waals surface area contributed by atoms with Gasteiger partial charge in [0.1, 0.15) is 0 Å².